The van der Waals surface area contributed by atoms with Crippen LogP contribution in [0.15, 0.2) is 18.3 Å². The monoisotopic (exact) mass is 261 g/mol. The van der Waals surface area contributed by atoms with E-state index in [4.69, 9.17) is 5.73 Å². The van der Waals surface area contributed by atoms with Crippen LogP contribution in [0.2, 0.25) is 0 Å². The molecule has 4 nitrogen and oxygen atoms in total. The standard InChI is InChI=1S/C15H23N3O/c1-3-15(2,18-8-4-5-9-18)13(19)10-12-6-7-17-14(16)11-12/h6-7,11H,3-5,8-10H2,1-2H3,(H2,16,17). The average molecular weight is 261 g/mol. The summed E-state index contributed by atoms with van der Waals surface area (Å²) in [6.07, 6.45) is 5.35. The highest BCUT2D eigenvalue weighted by Gasteiger charge is 2.38. The number of rotatable bonds is 5. The second-order valence-electron chi connectivity index (χ2n) is 5.51. The molecule has 0 amide bonds. The third-order valence-electron chi connectivity index (χ3n) is 4.30. The van der Waals surface area contributed by atoms with Crippen LogP contribution >= 0.6 is 0 Å². The van der Waals surface area contributed by atoms with Gasteiger partial charge in [0.1, 0.15) is 5.82 Å². The molecule has 1 fully saturated rings. The zero-order valence-electron chi connectivity index (χ0n) is 11.9. The minimum absolute atomic E-state index is 0.280. The maximum atomic E-state index is 12.7. The first-order valence-electron chi connectivity index (χ1n) is 7.05. The molecule has 0 bridgehead atoms. The average Bonchev–Trinajstić information content (AvgIpc) is 2.92. The fourth-order valence-corrected chi connectivity index (χ4v) is 2.79. The SMILES string of the molecule is CCC(C)(C(=O)Cc1ccnc(N)c1)N1CCCC1. The molecule has 2 N–H and O–H groups in total. The van der Waals surface area contributed by atoms with E-state index in [9.17, 15) is 4.79 Å². The van der Waals surface area contributed by atoms with Crippen molar-refractivity contribution in [1.29, 1.82) is 0 Å². The van der Waals surface area contributed by atoms with Crippen LogP contribution in [0.4, 0.5) is 5.82 Å². The second-order valence-corrected chi connectivity index (χ2v) is 5.51. The summed E-state index contributed by atoms with van der Waals surface area (Å²) in [5.41, 5.74) is 6.28. The van der Waals surface area contributed by atoms with Gasteiger partial charge in [-0.2, -0.15) is 0 Å². The van der Waals surface area contributed by atoms with E-state index in [1.165, 1.54) is 12.8 Å². The summed E-state index contributed by atoms with van der Waals surface area (Å²) in [5.74, 6) is 0.757. The largest absolute Gasteiger partial charge is 0.384 e. The van der Waals surface area contributed by atoms with Gasteiger partial charge in [0, 0.05) is 12.6 Å². The van der Waals surface area contributed by atoms with Crippen molar-refractivity contribution in [3.05, 3.63) is 23.9 Å². The van der Waals surface area contributed by atoms with Crippen LogP contribution in [-0.4, -0.2) is 34.3 Å². The molecule has 1 unspecified atom stereocenters. The molecule has 1 atom stereocenters. The molecule has 4 heteroatoms. The van der Waals surface area contributed by atoms with Crippen molar-refractivity contribution in [3.63, 3.8) is 0 Å². The van der Waals surface area contributed by atoms with Gasteiger partial charge in [-0.15, -0.1) is 0 Å². The molecule has 1 aromatic heterocycles. The molecule has 1 saturated heterocycles. The van der Waals surface area contributed by atoms with E-state index in [1.807, 2.05) is 6.07 Å². The van der Waals surface area contributed by atoms with E-state index in [0.29, 0.717) is 12.2 Å². The summed E-state index contributed by atoms with van der Waals surface area (Å²) in [4.78, 5) is 19.0. The molecule has 0 aromatic carbocycles. The van der Waals surface area contributed by atoms with Gasteiger partial charge in [0.25, 0.3) is 0 Å². The van der Waals surface area contributed by atoms with Gasteiger partial charge in [-0.05, 0) is 57.0 Å². The number of nitrogen functional groups attached to an aromatic ring is 1. The van der Waals surface area contributed by atoms with E-state index in [2.05, 4.69) is 23.7 Å². The molecular formula is C15H23N3O. The van der Waals surface area contributed by atoms with Crippen molar-refractivity contribution < 1.29 is 4.79 Å². The first kappa shape index (κ1) is 14.0. The van der Waals surface area contributed by atoms with Gasteiger partial charge in [-0.3, -0.25) is 9.69 Å². The number of carbonyl (C=O) groups is 1. The van der Waals surface area contributed by atoms with Crippen LogP contribution < -0.4 is 5.73 Å². The fraction of sp³-hybridized carbons (Fsp3) is 0.600. The lowest BCUT2D eigenvalue weighted by Gasteiger charge is -2.36. The zero-order chi connectivity index (χ0) is 13.9. The van der Waals surface area contributed by atoms with Gasteiger partial charge < -0.3 is 5.73 Å². The number of pyridine rings is 1. The number of nitrogens with zero attached hydrogens (tertiary/aromatic N) is 2. The molecular weight excluding hydrogens is 238 g/mol. The maximum absolute atomic E-state index is 12.7. The summed E-state index contributed by atoms with van der Waals surface area (Å²) in [6.45, 7) is 6.24. The van der Waals surface area contributed by atoms with Gasteiger partial charge in [-0.25, -0.2) is 4.98 Å². The highest BCUT2D eigenvalue weighted by Crippen LogP contribution is 2.27. The van der Waals surface area contributed by atoms with Crippen molar-refractivity contribution in [2.45, 2.75) is 45.1 Å². The predicted molar refractivity (Wildman–Crippen MR) is 76.9 cm³/mol. The number of likely N-dealkylation sites (tertiary alicyclic amines) is 1. The van der Waals surface area contributed by atoms with Gasteiger partial charge in [0.05, 0.1) is 5.54 Å². The van der Waals surface area contributed by atoms with Crippen LogP contribution in [-0.2, 0) is 11.2 Å². The highest BCUT2D eigenvalue weighted by molar-refractivity contribution is 5.89. The van der Waals surface area contributed by atoms with E-state index in [1.54, 1.807) is 12.3 Å². The third kappa shape index (κ3) is 2.95. The Labute approximate surface area is 115 Å². The quantitative estimate of drug-likeness (QED) is 0.881. The lowest BCUT2D eigenvalue weighted by molar-refractivity contribution is -0.129. The van der Waals surface area contributed by atoms with Gasteiger partial charge in [0.2, 0.25) is 0 Å². The van der Waals surface area contributed by atoms with Crippen molar-refractivity contribution in [2.24, 2.45) is 0 Å². The van der Waals surface area contributed by atoms with E-state index < -0.39 is 0 Å². The number of nitrogens with two attached hydrogens (primary N) is 1. The molecule has 0 saturated carbocycles. The predicted octanol–water partition coefficient (Wildman–Crippen LogP) is 2.04. The molecule has 19 heavy (non-hydrogen) atoms. The molecule has 2 heterocycles. The lowest BCUT2D eigenvalue weighted by Crippen LogP contribution is -2.51. The van der Waals surface area contributed by atoms with Gasteiger partial charge in [0.15, 0.2) is 5.78 Å². The smallest absolute Gasteiger partial charge is 0.157 e. The summed E-state index contributed by atoms with van der Waals surface area (Å²) >= 11 is 0. The summed E-state index contributed by atoms with van der Waals surface area (Å²) < 4.78 is 0. The van der Waals surface area contributed by atoms with Crippen LogP contribution in [0.5, 0.6) is 0 Å². The Morgan fingerprint density at radius 3 is 2.74 bits per heavy atom. The minimum Gasteiger partial charge on any atom is -0.384 e. The van der Waals surface area contributed by atoms with Gasteiger partial charge in [-0.1, -0.05) is 6.92 Å². The van der Waals surface area contributed by atoms with Crippen molar-refractivity contribution >= 4 is 11.6 Å². The van der Waals surface area contributed by atoms with Crippen molar-refractivity contribution in [1.82, 2.24) is 9.88 Å². The number of Topliss-reactive ketones (excluding diaryl/α,β-unsaturated/α-hetero) is 1. The van der Waals surface area contributed by atoms with Gasteiger partial charge >= 0.3 is 0 Å². The first-order chi connectivity index (χ1) is 9.06. The van der Waals surface area contributed by atoms with Crippen LogP contribution in [0.25, 0.3) is 0 Å². The summed E-state index contributed by atoms with van der Waals surface area (Å²) in [5, 5.41) is 0. The zero-order valence-corrected chi connectivity index (χ0v) is 11.9. The van der Waals surface area contributed by atoms with E-state index >= 15 is 0 Å². The number of ketones is 1. The first-order valence-corrected chi connectivity index (χ1v) is 7.05. The maximum Gasteiger partial charge on any atom is 0.157 e. The Morgan fingerprint density at radius 1 is 1.47 bits per heavy atom. The summed E-state index contributed by atoms with van der Waals surface area (Å²) in [6, 6.07) is 3.66. The number of carbonyl (C=O) groups excluding carboxylic acids is 1. The van der Waals surface area contributed by atoms with Crippen molar-refractivity contribution in [3.8, 4) is 0 Å². The number of hydrogen-bond acceptors (Lipinski definition) is 4. The van der Waals surface area contributed by atoms with Crippen molar-refractivity contribution in [2.75, 3.05) is 18.8 Å². The van der Waals surface area contributed by atoms with E-state index in [0.717, 1.165) is 25.1 Å². The normalized spacial score (nSPS) is 19.3. The fourth-order valence-electron chi connectivity index (χ4n) is 2.79. The Hall–Kier alpha value is -1.42. The van der Waals surface area contributed by atoms with E-state index in [-0.39, 0.29) is 11.3 Å². The topological polar surface area (TPSA) is 59.2 Å². The Bertz CT molecular complexity index is 454. The molecule has 1 aliphatic heterocycles. The molecule has 1 aromatic rings. The Balaban J connectivity index is 2.12. The molecule has 104 valence electrons. The minimum atomic E-state index is -0.339. The second kappa shape index (κ2) is 5.70. The van der Waals surface area contributed by atoms with Crippen LogP contribution in [0, 0.1) is 0 Å². The molecule has 1 aliphatic rings. The highest BCUT2D eigenvalue weighted by atomic mass is 16.1. The number of anilines is 1. The number of hydrogen-bond donors (Lipinski definition) is 1. The Morgan fingerprint density at radius 2 is 2.16 bits per heavy atom. The molecule has 0 aliphatic carbocycles. The van der Waals surface area contributed by atoms with Crippen LogP contribution in [0.1, 0.15) is 38.7 Å². The summed E-state index contributed by atoms with van der Waals surface area (Å²) in [7, 11) is 0. The third-order valence-corrected chi connectivity index (χ3v) is 4.30. The molecule has 2 rings (SSSR count). The van der Waals surface area contributed by atoms with Crippen LogP contribution in [0.3, 0.4) is 0 Å². The lowest BCUT2D eigenvalue weighted by atomic mass is 9.87. The molecule has 0 radical (unpaired) electrons. The number of aromatic nitrogens is 1. The molecule has 0 spiro atoms. The Kier molecular flexibility index (Phi) is 4.20.